The summed E-state index contributed by atoms with van der Waals surface area (Å²) >= 11 is 0. The summed E-state index contributed by atoms with van der Waals surface area (Å²) in [5.74, 6) is 1.11. The molecule has 0 spiro atoms. The van der Waals surface area contributed by atoms with Gasteiger partial charge in [0.15, 0.2) is 18.1 Å². The van der Waals surface area contributed by atoms with Gasteiger partial charge >= 0.3 is 5.97 Å². The van der Waals surface area contributed by atoms with E-state index in [1.807, 2.05) is 17.0 Å². The second kappa shape index (κ2) is 9.62. The van der Waals surface area contributed by atoms with Gasteiger partial charge in [0.1, 0.15) is 0 Å². The van der Waals surface area contributed by atoms with Crippen LogP contribution in [0.25, 0.3) is 6.08 Å². The number of likely N-dealkylation sites (tertiary alicyclic amines) is 1. The molecule has 2 aliphatic rings. The van der Waals surface area contributed by atoms with Crippen molar-refractivity contribution in [2.45, 2.75) is 44.6 Å². The lowest BCUT2D eigenvalue weighted by Gasteiger charge is -2.44. The monoisotopic (exact) mass is 387 g/mol. The van der Waals surface area contributed by atoms with E-state index in [2.05, 4.69) is 0 Å². The molecule has 1 aromatic carbocycles. The lowest BCUT2D eigenvalue weighted by Crippen LogP contribution is -2.50. The fourth-order valence-corrected chi connectivity index (χ4v) is 4.40. The van der Waals surface area contributed by atoms with E-state index in [9.17, 15) is 9.59 Å². The molecule has 0 aromatic heterocycles. The molecular weight excluding hydrogens is 358 g/mol. The minimum atomic E-state index is -0.546. The summed E-state index contributed by atoms with van der Waals surface area (Å²) in [4.78, 5) is 26.6. The van der Waals surface area contributed by atoms with Crippen molar-refractivity contribution in [3.05, 3.63) is 29.8 Å². The van der Waals surface area contributed by atoms with Gasteiger partial charge in [0.05, 0.1) is 14.2 Å². The molecule has 0 unspecified atom stereocenters. The van der Waals surface area contributed by atoms with Crippen LogP contribution >= 0.6 is 0 Å². The zero-order valence-corrected chi connectivity index (χ0v) is 16.7. The highest BCUT2D eigenvalue weighted by Crippen LogP contribution is 2.35. The van der Waals surface area contributed by atoms with Gasteiger partial charge in [-0.05, 0) is 43.7 Å². The number of hydrogen-bond donors (Lipinski definition) is 0. The second-order valence-corrected chi connectivity index (χ2v) is 7.37. The van der Waals surface area contributed by atoms with Crippen molar-refractivity contribution in [1.82, 2.24) is 4.90 Å². The lowest BCUT2D eigenvalue weighted by atomic mass is 9.78. The molecular formula is C22H29NO5. The molecule has 0 N–H and O–H groups in total. The first-order valence-electron chi connectivity index (χ1n) is 9.99. The largest absolute Gasteiger partial charge is 0.493 e. The van der Waals surface area contributed by atoms with E-state index in [-0.39, 0.29) is 12.5 Å². The molecule has 6 nitrogen and oxygen atoms in total. The van der Waals surface area contributed by atoms with Gasteiger partial charge in [-0.2, -0.15) is 0 Å². The van der Waals surface area contributed by atoms with Crippen LogP contribution in [0.15, 0.2) is 24.3 Å². The molecule has 2 fully saturated rings. The highest BCUT2D eigenvalue weighted by Gasteiger charge is 2.35. The number of carbonyl (C=O) groups excluding carboxylic acids is 2. The van der Waals surface area contributed by atoms with Gasteiger partial charge < -0.3 is 19.1 Å². The van der Waals surface area contributed by atoms with Crippen LogP contribution in [-0.4, -0.2) is 50.2 Å². The van der Waals surface area contributed by atoms with Crippen LogP contribution in [0.1, 0.15) is 44.1 Å². The Morgan fingerprint density at radius 3 is 2.68 bits per heavy atom. The van der Waals surface area contributed by atoms with Crippen LogP contribution in [0.4, 0.5) is 0 Å². The van der Waals surface area contributed by atoms with E-state index in [0.29, 0.717) is 29.0 Å². The fourth-order valence-electron chi connectivity index (χ4n) is 4.40. The Labute approximate surface area is 166 Å². The van der Waals surface area contributed by atoms with Crippen molar-refractivity contribution in [2.75, 3.05) is 27.4 Å². The van der Waals surface area contributed by atoms with Crippen molar-refractivity contribution in [3.63, 3.8) is 0 Å². The predicted molar refractivity (Wildman–Crippen MR) is 106 cm³/mol. The number of nitrogens with zero attached hydrogens (tertiary/aromatic N) is 1. The summed E-state index contributed by atoms with van der Waals surface area (Å²) in [6.07, 6.45) is 9.87. The Morgan fingerprint density at radius 2 is 1.89 bits per heavy atom. The SMILES string of the molecule is COc1cccc(/C=C/C(=O)OCC(=O)N2CCC[C@H]3CCCC[C@H]32)c1OC. The third kappa shape index (κ3) is 4.66. The van der Waals surface area contributed by atoms with Crippen LogP contribution < -0.4 is 9.47 Å². The molecule has 28 heavy (non-hydrogen) atoms. The van der Waals surface area contributed by atoms with Crippen LogP contribution in [0.5, 0.6) is 11.5 Å². The maximum absolute atomic E-state index is 12.6. The van der Waals surface area contributed by atoms with Gasteiger partial charge in [-0.3, -0.25) is 4.79 Å². The number of benzene rings is 1. The molecule has 2 atom stereocenters. The standard InChI is InChI=1S/C22H29NO5/c1-26-19-11-5-8-17(22(19)27-2)12-13-21(25)28-15-20(24)23-14-6-9-16-7-3-4-10-18(16)23/h5,8,11-13,16,18H,3-4,6-7,9-10,14-15H2,1-2H3/b13-12+/t16-,18-/m1/s1. The number of methoxy groups -OCH3 is 2. The number of fused-ring (bicyclic) bond motifs is 1. The molecule has 3 rings (SSSR count). The van der Waals surface area contributed by atoms with Crippen LogP contribution in [0.3, 0.4) is 0 Å². The summed E-state index contributed by atoms with van der Waals surface area (Å²) in [5.41, 5.74) is 0.700. The minimum Gasteiger partial charge on any atom is -0.493 e. The number of esters is 1. The number of hydrogen-bond acceptors (Lipinski definition) is 5. The van der Waals surface area contributed by atoms with Crippen LogP contribution in [0.2, 0.25) is 0 Å². The lowest BCUT2D eigenvalue weighted by molar-refractivity contribution is -0.151. The summed E-state index contributed by atoms with van der Waals surface area (Å²) < 4.78 is 15.8. The molecule has 1 aliphatic heterocycles. The van der Waals surface area contributed by atoms with Crippen molar-refractivity contribution >= 4 is 18.0 Å². The smallest absolute Gasteiger partial charge is 0.331 e. The van der Waals surface area contributed by atoms with Gasteiger partial charge in [-0.1, -0.05) is 25.0 Å². The number of amides is 1. The van der Waals surface area contributed by atoms with E-state index in [1.165, 1.54) is 31.8 Å². The molecule has 1 aromatic rings. The minimum absolute atomic E-state index is 0.0858. The molecule has 0 bridgehead atoms. The average molecular weight is 387 g/mol. The van der Waals surface area contributed by atoms with Gasteiger partial charge in [-0.15, -0.1) is 0 Å². The Bertz CT molecular complexity index is 728. The normalized spacial score (nSPS) is 21.9. The first kappa shape index (κ1) is 20.2. The van der Waals surface area contributed by atoms with Crippen molar-refractivity contribution < 1.29 is 23.8 Å². The molecule has 0 radical (unpaired) electrons. The fraction of sp³-hybridized carbons (Fsp3) is 0.545. The van der Waals surface area contributed by atoms with Crippen molar-refractivity contribution in [2.24, 2.45) is 5.92 Å². The summed E-state index contributed by atoms with van der Waals surface area (Å²) in [6.45, 7) is 0.566. The topological polar surface area (TPSA) is 65.1 Å². The molecule has 1 heterocycles. The maximum atomic E-state index is 12.6. The van der Waals surface area contributed by atoms with Crippen molar-refractivity contribution in [3.8, 4) is 11.5 Å². The van der Waals surface area contributed by atoms with Crippen LogP contribution in [0, 0.1) is 5.92 Å². The van der Waals surface area contributed by atoms with E-state index in [4.69, 9.17) is 14.2 Å². The molecule has 6 heteroatoms. The van der Waals surface area contributed by atoms with E-state index >= 15 is 0 Å². The Morgan fingerprint density at radius 1 is 1.11 bits per heavy atom. The number of piperidine rings is 1. The third-order valence-electron chi connectivity index (χ3n) is 5.73. The zero-order chi connectivity index (χ0) is 19.9. The number of para-hydroxylation sites is 1. The number of ether oxygens (including phenoxy) is 3. The Balaban J connectivity index is 1.55. The van der Waals surface area contributed by atoms with Crippen LogP contribution in [-0.2, 0) is 14.3 Å². The van der Waals surface area contributed by atoms with Gasteiger partial charge in [-0.25, -0.2) is 4.79 Å². The highest BCUT2D eigenvalue weighted by molar-refractivity contribution is 5.90. The molecule has 1 saturated carbocycles. The van der Waals surface area contributed by atoms with Gasteiger partial charge in [0.2, 0.25) is 0 Å². The molecule has 1 aliphatic carbocycles. The third-order valence-corrected chi connectivity index (χ3v) is 5.73. The predicted octanol–water partition coefficient (Wildman–Crippen LogP) is 3.44. The average Bonchev–Trinajstić information content (AvgIpc) is 2.75. The first-order chi connectivity index (χ1) is 13.6. The second-order valence-electron chi connectivity index (χ2n) is 7.37. The highest BCUT2D eigenvalue weighted by atomic mass is 16.5. The summed E-state index contributed by atoms with van der Waals surface area (Å²) in [7, 11) is 3.10. The Kier molecular flexibility index (Phi) is 6.95. The van der Waals surface area contributed by atoms with Gasteiger partial charge in [0.25, 0.3) is 5.91 Å². The van der Waals surface area contributed by atoms with E-state index < -0.39 is 5.97 Å². The zero-order valence-electron chi connectivity index (χ0n) is 16.7. The van der Waals surface area contributed by atoms with Gasteiger partial charge in [0, 0.05) is 24.2 Å². The number of carbonyl (C=O) groups is 2. The van der Waals surface area contributed by atoms with Crippen molar-refractivity contribution in [1.29, 1.82) is 0 Å². The maximum Gasteiger partial charge on any atom is 0.331 e. The first-order valence-corrected chi connectivity index (χ1v) is 9.99. The quantitative estimate of drug-likeness (QED) is 0.553. The summed E-state index contributed by atoms with van der Waals surface area (Å²) in [6, 6.07) is 5.73. The molecule has 1 amide bonds. The molecule has 152 valence electrons. The van der Waals surface area contributed by atoms with E-state index in [1.54, 1.807) is 26.4 Å². The Hall–Kier alpha value is -2.50. The molecule has 1 saturated heterocycles. The van der Waals surface area contributed by atoms with E-state index in [0.717, 1.165) is 19.4 Å². The summed E-state index contributed by atoms with van der Waals surface area (Å²) in [5, 5.41) is 0. The number of rotatable bonds is 6.